The second-order valence-electron chi connectivity index (χ2n) is 6.71. The number of nitrogens with zero attached hydrogens (tertiary/aromatic N) is 1. The lowest BCUT2D eigenvalue weighted by Gasteiger charge is -2.40. The fraction of sp³-hybridized carbons (Fsp3) is 0.500. The number of nitrogens with one attached hydrogen (secondary N) is 1. The molecular weight excluding hydrogens is 292 g/mol. The molecule has 0 unspecified atom stereocenters. The van der Waals surface area contributed by atoms with E-state index in [4.69, 9.17) is 9.47 Å². The highest BCUT2D eigenvalue weighted by atomic mass is 16.6. The van der Waals surface area contributed by atoms with Gasteiger partial charge in [0.25, 0.3) is 0 Å². The average Bonchev–Trinajstić information content (AvgIpc) is 2.42. The summed E-state index contributed by atoms with van der Waals surface area (Å²) in [6.07, 6.45) is 1.49. The average molecular weight is 318 g/mol. The van der Waals surface area contributed by atoms with Crippen LogP contribution in [0.4, 0.5) is 4.79 Å². The molecule has 0 spiro atoms. The number of likely N-dealkylation sites (tertiary alicyclic amines) is 1. The molecule has 1 heterocycles. The Balaban J connectivity index is 1.68. The van der Waals surface area contributed by atoms with Crippen LogP contribution in [0.5, 0.6) is 5.75 Å². The van der Waals surface area contributed by atoms with Crippen LogP contribution in [0, 0.1) is 0 Å². The van der Waals surface area contributed by atoms with Gasteiger partial charge in [-0.15, -0.1) is 0 Å². The molecule has 0 saturated carbocycles. The van der Waals surface area contributed by atoms with Crippen LogP contribution in [0.25, 0.3) is 0 Å². The number of amides is 1. The molecule has 0 atom stereocenters. The molecule has 126 valence electrons. The van der Waals surface area contributed by atoms with Crippen molar-refractivity contribution in [1.82, 2.24) is 10.2 Å². The molecule has 1 aromatic carbocycles. The standard InChI is InChI=1S/C18H26N2O3/c1-5-10-22-16-8-6-14(7-9-16)11-19-15-12-20(13-15)17(21)23-18(2,3)4/h5-9,15,19H,1,10-13H2,2-4H3. The van der Waals surface area contributed by atoms with Gasteiger partial charge in [0.2, 0.25) is 0 Å². The number of hydrogen-bond acceptors (Lipinski definition) is 4. The Bertz CT molecular complexity index is 528. The minimum atomic E-state index is -0.439. The van der Waals surface area contributed by atoms with Gasteiger partial charge in [-0.05, 0) is 38.5 Å². The summed E-state index contributed by atoms with van der Waals surface area (Å²) in [4.78, 5) is 13.6. The van der Waals surface area contributed by atoms with Gasteiger partial charge in [0, 0.05) is 25.7 Å². The van der Waals surface area contributed by atoms with Crippen molar-refractivity contribution in [1.29, 1.82) is 0 Å². The minimum Gasteiger partial charge on any atom is -0.490 e. The first-order chi connectivity index (χ1) is 10.9. The van der Waals surface area contributed by atoms with E-state index >= 15 is 0 Å². The van der Waals surface area contributed by atoms with E-state index < -0.39 is 5.60 Å². The van der Waals surface area contributed by atoms with Crippen LogP contribution in [-0.4, -0.2) is 42.3 Å². The van der Waals surface area contributed by atoms with E-state index in [2.05, 4.69) is 11.9 Å². The summed E-state index contributed by atoms with van der Waals surface area (Å²) in [5.74, 6) is 0.841. The fourth-order valence-corrected chi connectivity index (χ4v) is 2.20. The van der Waals surface area contributed by atoms with Gasteiger partial charge in [-0.1, -0.05) is 24.8 Å². The van der Waals surface area contributed by atoms with Crippen LogP contribution in [0.15, 0.2) is 36.9 Å². The predicted molar refractivity (Wildman–Crippen MR) is 90.6 cm³/mol. The molecule has 0 bridgehead atoms. The lowest BCUT2D eigenvalue weighted by Crippen LogP contribution is -2.60. The second-order valence-corrected chi connectivity index (χ2v) is 6.71. The number of ether oxygens (including phenoxy) is 2. The topological polar surface area (TPSA) is 50.8 Å². The van der Waals surface area contributed by atoms with Crippen molar-refractivity contribution in [3.8, 4) is 5.75 Å². The van der Waals surface area contributed by atoms with Crippen molar-refractivity contribution in [3.05, 3.63) is 42.5 Å². The monoisotopic (exact) mass is 318 g/mol. The quantitative estimate of drug-likeness (QED) is 0.819. The van der Waals surface area contributed by atoms with Crippen molar-refractivity contribution in [2.75, 3.05) is 19.7 Å². The highest BCUT2D eigenvalue weighted by Crippen LogP contribution is 2.16. The molecule has 1 amide bonds. The Morgan fingerprint density at radius 3 is 2.57 bits per heavy atom. The zero-order chi connectivity index (χ0) is 16.9. The molecular formula is C18H26N2O3. The van der Waals surface area contributed by atoms with Crippen LogP contribution in [-0.2, 0) is 11.3 Å². The number of benzene rings is 1. The minimum absolute atomic E-state index is 0.237. The molecule has 0 radical (unpaired) electrons. The third-order valence-electron chi connectivity index (χ3n) is 3.42. The first-order valence-electron chi connectivity index (χ1n) is 7.91. The van der Waals surface area contributed by atoms with Crippen molar-refractivity contribution in [3.63, 3.8) is 0 Å². The van der Waals surface area contributed by atoms with Crippen molar-refractivity contribution in [2.24, 2.45) is 0 Å². The van der Waals surface area contributed by atoms with Crippen molar-refractivity contribution >= 4 is 6.09 Å². The predicted octanol–water partition coefficient (Wildman–Crippen LogP) is 2.96. The van der Waals surface area contributed by atoms with E-state index in [1.807, 2.05) is 45.0 Å². The Labute approximate surface area is 138 Å². The molecule has 0 aromatic heterocycles. The van der Waals surface area contributed by atoms with E-state index in [0.717, 1.165) is 12.3 Å². The van der Waals surface area contributed by atoms with Crippen LogP contribution >= 0.6 is 0 Å². The Morgan fingerprint density at radius 2 is 2.00 bits per heavy atom. The van der Waals surface area contributed by atoms with Gasteiger partial charge in [-0.3, -0.25) is 0 Å². The molecule has 1 aromatic rings. The largest absolute Gasteiger partial charge is 0.490 e. The SMILES string of the molecule is C=CCOc1ccc(CNC2CN(C(=O)OC(C)(C)C)C2)cc1. The van der Waals surface area contributed by atoms with Gasteiger partial charge >= 0.3 is 6.09 Å². The highest BCUT2D eigenvalue weighted by Gasteiger charge is 2.33. The molecule has 1 aliphatic rings. The normalized spacial score (nSPS) is 15.0. The summed E-state index contributed by atoms with van der Waals surface area (Å²) in [5.41, 5.74) is 0.747. The number of hydrogen-bond donors (Lipinski definition) is 1. The molecule has 2 rings (SSSR count). The van der Waals surface area contributed by atoms with Gasteiger partial charge in [-0.25, -0.2) is 4.79 Å². The lowest BCUT2D eigenvalue weighted by atomic mass is 10.1. The molecule has 0 aliphatic carbocycles. The van der Waals surface area contributed by atoms with E-state index in [0.29, 0.717) is 25.7 Å². The summed E-state index contributed by atoms with van der Waals surface area (Å²) in [6, 6.07) is 8.30. The summed E-state index contributed by atoms with van der Waals surface area (Å²) in [5, 5.41) is 3.44. The van der Waals surface area contributed by atoms with Crippen molar-refractivity contribution < 1.29 is 14.3 Å². The maximum absolute atomic E-state index is 11.8. The van der Waals surface area contributed by atoms with Crippen molar-refractivity contribution in [2.45, 2.75) is 39.0 Å². The van der Waals surface area contributed by atoms with Gasteiger partial charge in [0.05, 0.1) is 0 Å². The zero-order valence-corrected chi connectivity index (χ0v) is 14.2. The number of carbonyl (C=O) groups excluding carboxylic acids is 1. The lowest BCUT2D eigenvalue weighted by molar-refractivity contribution is 0.00518. The molecule has 23 heavy (non-hydrogen) atoms. The number of rotatable bonds is 6. The number of carbonyl (C=O) groups is 1. The van der Waals surface area contributed by atoms with Crippen LogP contribution < -0.4 is 10.1 Å². The molecule has 5 heteroatoms. The maximum Gasteiger partial charge on any atom is 0.410 e. The van der Waals surface area contributed by atoms with Crippen LogP contribution in [0.1, 0.15) is 26.3 Å². The van der Waals surface area contributed by atoms with E-state index in [9.17, 15) is 4.79 Å². The maximum atomic E-state index is 11.8. The summed E-state index contributed by atoms with van der Waals surface area (Å²) in [7, 11) is 0. The Morgan fingerprint density at radius 1 is 1.35 bits per heavy atom. The summed E-state index contributed by atoms with van der Waals surface area (Å²) in [6.45, 7) is 11.9. The van der Waals surface area contributed by atoms with Crippen LogP contribution in [0.2, 0.25) is 0 Å². The zero-order valence-electron chi connectivity index (χ0n) is 14.2. The van der Waals surface area contributed by atoms with Crippen LogP contribution in [0.3, 0.4) is 0 Å². The van der Waals surface area contributed by atoms with E-state index in [-0.39, 0.29) is 6.09 Å². The van der Waals surface area contributed by atoms with E-state index in [1.165, 1.54) is 5.56 Å². The smallest absolute Gasteiger partial charge is 0.410 e. The molecule has 1 aliphatic heterocycles. The van der Waals surface area contributed by atoms with E-state index in [1.54, 1.807) is 11.0 Å². The second kappa shape index (κ2) is 7.51. The highest BCUT2D eigenvalue weighted by molar-refractivity contribution is 5.69. The molecule has 5 nitrogen and oxygen atoms in total. The van der Waals surface area contributed by atoms with Gasteiger partial charge in [0.1, 0.15) is 18.0 Å². The Hall–Kier alpha value is -2.01. The fourth-order valence-electron chi connectivity index (χ4n) is 2.20. The van der Waals surface area contributed by atoms with Gasteiger partial charge in [-0.2, -0.15) is 0 Å². The summed E-state index contributed by atoms with van der Waals surface area (Å²) >= 11 is 0. The van der Waals surface area contributed by atoms with Gasteiger partial charge in [0.15, 0.2) is 0 Å². The third-order valence-corrected chi connectivity index (χ3v) is 3.42. The summed E-state index contributed by atoms with van der Waals surface area (Å²) < 4.78 is 10.8. The third kappa shape index (κ3) is 5.60. The first-order valence-corrected chi connectivity index (χ1v) is 7.91. The molecule has 1 saturated heterocycles. The van der Waals surface area contributed by atoms with Gasteiger partial charge < -0.3 is 19.7 Å². The molecule has 1 fully saturated rings. The Kier molecular flexibility index (Phi) is 5.66. The first kappa shape index (κ1) is 17.3. The molecule has 1 N–H and O–H groups in total.